The summed E-state index contributed by atoms with van der Waals surface area (Å²) in [4.78, 5) is 0. The third-order valence-corrected chi connectivity index (χ3v) is 6.96. The van der Waals surface area contributed by atoms with Crippen LogP contribution in [0.5, 0.6) is 0 Å². The summed E-state index contributed by atoms with van der Waals surface area (Å²) in [6, 6.07) is 3.16. The van der Waals surface area contributed by atoms with Gasteiger partial charge in [-0.3, -0.25) is 0 Å². The van der Waals surface area contributed by atoms with E-state index < -0.39 is 27.5 Å². The van der Waals surface area contributed by atoms with Crippen molar-refractivity contribution < 1.29 is 21.6 Å². The average molecular weight is 417 g/mol. The Morgan fingerprint density at radius 3 is 2.32 bits per heavy atom. The monoisotopic (exact) mass is 416 g/mol. The predicted molar refractivity (Wildman–Crippen MR) is 105 cm³/mol. The largest absolute Gasteiger partial charge is 0.408 e. The molecule has 1 saturated carbocycles. The second-order valence-corrected chi connectivity index (χ2v) is 10.4. The van der Waals surface area contributed by atoms with Gasteiger partial charge in [0, 0.05) is 29.2 Å². The second kappa shape index (κ2) is 7.37. The maximum absolute atomic E-state index is 13.9. The summed E-state index contributed by atoms with van der Waals surface area (Å²) in [6.07, 6.45) is -2.45. The van der Waals surface area contributed by atoms with Crippen LogP contribution in [0.1, 0.15) is 63.6 Å². The van der Waals surface area contributed by atoms with Gasteiger partial charge in [0.25, 0.3) is 0 Å². The fourth-order valence-corrected chi connectivity index (χ4v) is 4.95. The van der Waals surface area contributed by atoms with Crippen LogP contribution in [0.15, 0.2) is 24.4 Å². The van der Waals surface area contributed by atoms with Crippen LogP contribution in [0.25, 0.3) is 10.9 Å². The van der Waals surface area contributed by atoms with Crippen LogP contribution in [-0.4, -0.2) is 24.4 Å². The number of nitrogens with zero attached hydrogens (tertiary/aromatic N) is 1. The molecule has 1 heterocycles. The SMILES string of the molecule is CC(C)Cn1cc(C(NS(=O)(=O)C2CC2)C(F)(F)F)c2ccc(C(C)C)cc21. The molecular formula is C20H27F3N2O2S. The normalized spacial score (nSPS) is 17.0. The van der Waals surface area contributed by atoms with Crippen molar-refractivity contribution in [2.75, 3.05) is 0 Å². The molecule has 1 aromatic heterocycles. The van der Waals surface area contributed by atoms with E-state index in [9.17, 15) is 21.6 Å². The van der Waals surface area contributed by atoms with Crippen LogP contribution < -0.4 is 4.72 Å². The number of hydrogen-bond donors (Lipinski definition) is 1. The fraction of sp³-hybridized carbons (Fsp3) is 0.600. The summed E-state index contributed by atoms with van der Waals surface area (Å²) in [5.41, 5.74) is 1.70. The number of rotatable bonds is 7. The smallest absolute Gasteiger partial charge is 0.347 e. The summed E-state index contributed by atoms with van der Waals surface area (Å²) < 4.78 is 70.0. The zero-order valence-corrected chi connectivity index (χ0v) is 17.4. The summed E-state index contributed by atoms with van der Waals surface area (Å²) in [6.45, 7) is 8.60. The average Bonchev–Trinajstić information content (AvgIpc) is 3.36. The molecule has 28 heavy (non-hydrogen) atoms. The van der Waals surface area contributed by atoms with Crippen LogP contribution in [-0.2, 0) is 16.6 Å². The van der Waals surface area contributed by atoms with E-state index >= 15 is 0 Å². The number of fused-ring (bicyclic) bond motifs is 1. The number of benzene rings is 1. The first-order chi connectivity index (χ1) is 12.9. The minimum Gasteiger partial charge on any atom is -0.347 e. The highest BCUT2D eigenvalue weighted by atomic mass is 32.2. The molecule has 156 valence electrons. The Balaban J connectivity index is 2.15. The number of alkyl halides is 3. The predicted octanol–water partition coefficient (Wildman–Crippen LogP) is 5.11. The van der Waals surface area contributed by atoms with Crippen molar-refractivity contribution in [3.05, 3.63) is 35.5 Å². The van der Waals surface area contributed by atoms with Crippen molar-refractivity contribution in [3.8, 4) is 0 Å². The Morgan fingerprint density at radius 1 is 1.18 bits per heavy atom. The Kier molecular flexibility index (Phi) is 5.57. The van der Waals surface area contributed by atoms with Gasteiger partial charge in [-0.25, -0.2) is 8.42 Å². The Morgan fingerprint density at radius 2 is 1.82 bits per heavy atom. The van der Waals surface area contributed by atoms with Crippen molar-refractivity contribution in [2.24, 2.45) is 5.92 Å². The molecule has 1 atom stereocenters. The van der Waals surface area contributed by atoms with E-state index in [1.54, 1.807) is 6.07 Å². The summed E-state index contributed by atoms with van der Waals surface area (Å²) in [5.74, 6) is 0.473. The zero-order valence-electron chi connectivity index (χ0n) is 16.5. The van der Waals surface area contributed by atoms with Gasteiger partial charge >= 0.3 is 6.18 Å². The number of halogens is 3. The maximum Gasteiger partial charge on any atom is 0.408 e. The standard InChI is InChI=1S/C20H27F3N2O2S/c1-12(2)10-25-11-17(16-8-5-14(13(3)4)9-18(16)25)19(20(21,22)23)24-28(26,27)15-6-7-15/h5,8-9,11-13,15,19,24H,6-7,10H2,1-4H3. The first-order valence-electron chi connectivity index (χ1n) is 9.60. The molecule has 0 amide bonds. The highest BCUT2D eigenvalue weighted by Gasteiger charge is 2.47. The minimum absolute atomic E-state index is 0.0392. The lowest BCUT2D eigenvalue weighted by Gasteiger charge is -2.21. The van der Waals surface area contributed by atoms with Crippen molar-refractivity contribution in [1.82, 2.24) is 9.29 Å². The molecule has 1 unspecified atom stereocenters. The van der Waals surface area contributed by atoms with Gasteiger partial charge in [-0.2, -0.15) is 17.9 Å². The lowest BCUT2D eigenvalue weighted by atomic mass is 9.99. The van der Waals surface area contributed by atoms with Gasteiger partial charge in [0.2, 0.25) is 10.0 Å². The molecule has 0 saturated heterocycles. The Hall–Kier alpha value is -1.54. The summed E-state index contributed by atoms with van der Waals surface area (Å²) >= 11 is 0. The molecule has 1 aromatic carbocycles. The number of aromatic nitrogens is 1. The zero-order chi connectivity index (χ0) is 20.9. The van der Waals surface area contributed by atoms with Gasteiger partial charge in [0.1, 0.15) is 6.04 Å². The van der Waals surface area contributed by atoms with Crippen molar-refractivity contribution in [3.63, 3.8) is 0 Å². The van der Waals surface area contributed by atoms with Crippen LogP contribution in [0, 0.1) is 5.92 Å². The lowest BCUT2D eigenvalue weighted by molar-refractivity contribution is -0.152. The van der Waals surface area contributed by atoms with Crippen LogP contribution >= 0.6 is 0 Å². The molecule has 0 radical (unpaired) electrons. The highest BCUT2D eigenvalue weighted by Crippen LogP contribution is 2.40. The van der Waals surface area contributed by atoms with Crippen LogP contribution in [0.3, 0.4) is 0 Å². The Bertz CT molecular complexity index is 958. The summed E-state index contributed by atoms with van der Waals surface area (Å²) in [5, 5.41) is -0.278. The molecule has 1 aliphatic carbocycles. The van der Waals surface area contributed by atoms with E-state index in [4.69, 9.17) is 0 Å². The van der Waals surface area contributed by atoms with E-state index in [1.165, 1.54) is 6.20 Å². The van der Waals surface area contributed by atoms with Crippen molar-refractivity contribution in [2.45, 2.75) is 70.5 Å². The van der Waals surface area contributed by atoms with Gasteiger partial charge in [0.05, 0.1) is 5.25 Å². The first-order valence-corrected chi connectivity index (χ1v) is 11.2. The van der Waals surface area contributed by atoms with Gasteiger partial charge in [-0.15, -0.1) is 0 Å². The van der Waals surface area contributed by atoms with E-state index in [-0.39, 0.29) is 17.4 Å². The molecule has 0 spiro atoms. The van der Waals surface area contributed by atoms with Gasteiger partial charge in [-0.1, -0.05) is 39.8 Å². The van der Waals surface area contributed by atoms with Crippen LogP contribution in [0.4, 0.5) is 13.2 Å². The molecule has 4 nitrogen and oxygen atoms in total. The quantitative estimate of drug-likeness (QED) is 0.682. The lowest BCUT2D eigenvalue weighted by Crippen LogP contribution is -2.39. The van der Waals surface area contributed by atoms with E-state index in [2.05, 4.69) is 0 Å². The molecular weight excluding hydrogens is 389 g/mol. The molecule has 0 aliphatic heterocycles. The minimum atomic E-state index is -4.73. The van der Waals surface area contributed by atoms with Crippen molar-refractivity contribution >= 4 is 20.9 Å². The molecule has 8 heteroatoms. The molecule has 1 aliphatic rings. The Labute approximate surface area is 164 Å². The van der Waals surface area contributed by atoms with Crippen LogP contribution in [0.2, 0.25) is 0 Å². The highest BCUT2D eigenvalue weighted by molar-refractivity contribution is 7.90. The van der Waals surface area contributed by atoms with Gasteiger partial charge in [-0.05, 0) is 36.3 Å². The number of sulfonamides is 1. The molecule has 1 N–H and O–H groups in total. The van der Waals surface area contributed by atoms with Gasteiger partial charge < -0.3 is 4.57 Å². The molecule has 1 fully saturated rings. The first kappa shape index (κ1) is 21.2. The summed E-state index contributed by atoms with van der Waals surface area (Å²) in [7, 11) is -4.00. The van der Waals surface area contributed by atoms with Crippen molar-refractivity contribution in [1.29, 1.82) is 0 Å². The molecule has 2 aromatic rings. The van der Waals surface area contributed by atoms with E-state index in [1.807, 2.05) is 49.1 Å². The third-order valence-electron chi connectivity index (χ3n) is 5.05. The molecule has 0 bridgehead atoms. The van der Waals surface area contributed by atoms with E-state index in [0.717, 1.165) is 5.56 Å². The number of hydrogen-bond acceptors (Lipinski definition) is 2. The number of nitrogens with one attached hydrogen (secondary N) is 1. The molecule has 3 rings (SSSR count). The van der Waals surface area contributed by atoms with Gasteiger partial charge in [0.15, 0.2) is 0 Å². The fourth-order valence-electron chi connectivity index (χ4n) is 3.42. The second-order valence-electron chi connectivity index (χ2n) is 8.40. The maximum atomic E-state index is 13.9. The topological polar surface area (TPSA) is 51.1 Å². The third kappa shape index (κ3) is 4.38. The van der Waals surface area contributed by atoms with E-state index in [0.29, 0.717) is 30.3 Å².